The summed E-state index contributed by atoms with van der Waals surface area (Å²) in [6, 6.07) is 18.6. The Morgan fingerprint density at radius 2 is 1.67 bits per heavy atom. The fraction of sp³-hybridized carbons (Fsp3) is 0.355. The van der Waals surface area contributed by atoms with Gasteiger partial charge < -0.3 is 29.7 Å². The van der Waals surface area contributed by atoms with E-state index in [1.54, 1.807) is 24.1 Å². The quantitative estimate of drug-likeness (QED) is 0.273. The van der Waals surface area contributed by atoms with Gasteiger partial charge in [-0.3, -0.25) is 14.7 Å². The topological polar surface area (TPSA) is 131 Å². The maximum absolute atomic E-state index is 12.6. The highest BCUT2D eigenvalue weighted by Gasteiger charge is 2.29. The number of hydrogen-bond acceptors (Lipinski definition) is 8. The molecule has 3 N–H and O–H groups in total. The van der Waals surface area contributed by atoms with Crippen LogP contribution in [0.15, 0.2) is 60.7 Å². The highest BCUT2D eigenvalue weighted by Crippen LogP contribution is 2.31. The van der Waals surface area contributed by atoms with Gasteiger partial charge in [0.1, 0.15) is 17.1 Å². The van der Waals surface area contributed by atoms with E-state index >= 15 is 0 Å². The maximum Gasteiger partial charge on any atom is 0.272 e. The molecule has 2 aromatic carbocycles. The van der Waals surface area contributed by atoms with Crippen molar-refractivity contribution in [3.05, 3.63) is 66.4 Å². The second-order valence-electron chi connectivity index (χ2n) is 9.39. The molecule has 4 aromatic rings. The van der Waals surface area contributed by atoms with E-state index in [-0.39, 0.29) is 17.7 Å². The zero-order valence-corrected chi connectivity index (χ0v) is 24.5. The van der Waals surface area contributed by atoms with Crippen LogP contribution in [0.25, 0.3) is 10.9 Å². The molecule has 1 saturated heterocycles. The van der Waals surface area contributed by atoms with Gasteiger partial charge in [-0.1, -0.05) is 26.0 Å². The van der Waals surface area contributed by atoms with Gasteiger partial charge in [0.15, 0.2) is 5.82 Å². The Morgan fingerprint density at radius 1 is 0.952 bits per heavy atom. The first-order chi connectivity index (χ1) is 20.6. The minimum Gasteiger partial charge on any atom is -0.497 e. The highest BCUT2D eigenvalue weighted by atomic mass is 16.5. The summed E-state index contributed by atoms with van der Waals surface area (Å²) in [6.07, 6.45) is 2.06. The van der Waals surface area contributed by atoms with Crippen molar-refractivity contribution in [3.63, 3.8) is 0 Å². The van der Waals surface area contributed by atoms with Gasteiger partial charge in [-0.05, 0) is 61.4 Å². The molecule has 42 heavy (non-hydrogen) atoms. The number of rotatable bonds is 7. The average molecular weight is 575 g/mol. The Morgan fingerprint density at radius 3 is 2.33 bits per heavy atom. The Labute approximate surface area is 245 Å². The third kappa shape index (κ3) is 7.76. The predicted octanol–water partition coefficient (Wildman–Crippen LogP) is 5.25. The van der Waals surface area contributed by atoms with Crippen LogP contribution in [0.1, 0.15) is 37.2 Å². The van der Waals surface area contributed by atoms with Crippen molar-refractivity contribution in [1.29, 1.82) is 0 Å². The minimum atomic E-state index is -0.122. The molecule has 11 heteroatoms. The molecule has 222 valence electrons. The molecule has 2 amide bonds. The van der Waals surface area contributed by atoms with E-state index in [0.717, 1.165) is 35.2 Å². The molecule has 3 heterocycles. The summed E-state index contributed by atoms with van der Waals surface area (Å²) in [4.78, 5) is 30.1. The molecule has 0 bridgehead atoms. The second kappa shape index (κ2) is 14.8. The van der Waals surface area contributed by atoms with E-state index in [1.807, 2.05) is 62.4 Å². The van der Waals surface area contributed by atoms with E-state index < -0.39 is 0 Å². The highest BCUT2D eigenvalue weighted by molar-refractivity contribution is 5.95. The van der Waals surface area contributed by atoms with Crippen LogP contribution in [0.2, 0.25) is 0 Å². The Hall–Kier alpha value is -4.64. The van der Waals surface area contributed by atoms with Gasteiger partial charge >= 0.3 is 0 Å². The van der Waals surface area contributed by atoms with Crippen molar-refractivity contribution < 1.29 is 23.8 Å². The molecule has 0 radical (unpaired) electrons. The second-order valence-corrected chi connectivity index (χ2v) is 9.39. The largest absolute Gasteiger partial charge is 0.497 e. The lowest BCUT2D eigenvalue weighted by Gasteiger charge is -2.26. The van der Waals surface area contributed by atoms with Crippen LogP contribution in [0.5, 0.6) is 11.6 Å². The number of anilines is 3. The van der Waals surface area contributed by atoms with Crippen LogP contribution in [0, 0.1) is 5.92 Å². The van der Waals surface area contributed by atoms with Crippen LogP contribution in [-0.2, 0) is 9.53 Å². The number of nitrogens with one attached hydrogen (secondary N) is 3. The first-order valence-corrected chi connectivity index (χ1v) is 14.1. The number of fused-ring (bicyclic) bond motifs is 1. The molecule has 11 nitrogen and oxygen atoms in total. The van der Waals surface area contributed by atoms with Gasteiger partial charge in [-0.15, -0.1) is 0 Å². The lowest BCUT2D eigenvalue weighted by atomic mass is 10.2. The number of aromatic nitrogens is 3. The summed E-state index contributed by atoms with van der Waals surface area (Å²) in [6.45, 7) is 6.24. The number of methoxy groups -OCH3 is 2. The summed E-state index contributed by atoms with van der Waals surface area (Å²) >= 11 is 0. The van der Waals surface area contributed by atoms with E-state index in [2.05, 4.69) is 25.8 Å². The van der Waals surface area contributed by atoms with Crippen molar-refractivity contribution in [3.8, 4) is 11.6 Å². The Balaban J connectivity index is 0.000000214. The number of nitrogens with zero attached hydrogens (tertiary/aromatic N) is 3. The standard InChI is InChI=1S/C18H19N5O3.C11H13NO2.C2H6/c1-25-17-14(19-16-12-4-2-3-5-13(12)21-22-16)6-7-15(20-17)18(24)23-8-10-26-11-9-23;1-14-10-6-4-9(5-7-10)12-11(13)8-2-3-8;1-2/h2-7H,8-11H2,1H3,(H2,19,21,22);4-8H,2-3H2,1H3,(H,12,13);1-2H3. The molecular formula is C31H38N6O5. The van der Waals surface area contributed by atoms with Gasteiger partial charge in [-0.25, -0.2) is 4.98 Å². The molecule has 1 saturated carbocycles. The number of morpholine rings is 1. The van der Waals surface area contributed by atoms with Crippen LogP contribution in [-0.4, -0.2) is 72.4 Å². The van der Waals surface area contributed by atoms with Gasteiger partial charge in [0.25, 0.3) is 5.91 Å². The van der Waals surface area contributed by atoms with E-state index in [9.17, 15) is 9.59 Å². The number of aromatic amines is 1. The summed E-state index contributed by atoms with van der Waals surface area (Å²) in [7, 11) is 3.15. The fourth-order valence-corrected chi connectivity index (χ4v) is 4.19. The molecule has 1 aliphatic carbocycles. The lowest BCUT2D eigenvalue weighted by molar-refractivity contribution is -0.117. The number of hydrogen-bond donors (Lipinski definition) is 3. The molecule has 2 fully saturated rings. The number of amides is 2. The van der Waals surface area contributed by atoms with E-state index in [4.69, 9.17) is 14.2 Å². The average Bonchev–Trinajstić information content (AvgIpc) is 3.84. The lowest BCUT2D eigenvalue weighted by Crippen LogP contribution is -2.41. The monoisotopic (exact) mass is 574 g/mol. The van der Waals surface area contributed by atoms with Crippen LogP contribution >= 0.6 is 0 Å². The predicted molar refractivity (Wildman–Crippen MR) is 163 cm³/mol. The summed E-state index contributed by atoms with van der Waals surface area (Å²) in [5, 5.41) is 14.3. The van der Waals surface area contributed by atoms with Gasteiger partial charge in [0.2, 0.25) is 11.8 Å². The number of carbonyl (C=O) groups excluding carboxylic acids is 2. The molecular weight excluding hydrogens is 536 g/mol. The molecule has 2 aromatic heterocycles. The van der Waals surface area contributed by atoms with Crippen molar-refractivity contribution >= 4 is 39.9 Å². The molecule has 0 unspecified atom stereocenters. The van der Waals surface area contributed by atoms with Gasteiger partial charge in [-0.2, -0.15) is 5.10 Å². The van der Waals surface area contributed by atoms with Crippen molar-refractivity contribution in [2.75, 3.05) is 51.2 Å². The first-order valence-electron chi connectivity index (χ1n) is 14.1. The Bertz CT molecular complexity index is 1460. The number of benzene rings is 2. The van der Waals surface area contributed by atoms with Crippen LogP contribution < -0.4 is 20.1 Å². The summed E-state index contributed by atoms with van der Waals surface area (Å²) < 4.78 is 15.7. The zero-order valence-electron chi connectivity index (χ0n) is 24.5. The number of pyridine rings is 1. The SMILES string of the molecule is CC.COc1ccc(NC(=O)C2CC2)cc1.COc1nc(C(=O)N2CCOCC2)ccc1Nc1n[nH]c2ccccc12. The van der Waals surface area contributed by atoms with Crippen molar-refractivity contribution in [2.45, 2.75) is 26.7 Å². The molecule has 1 aliphatic heterocycles. The normalized spacial score (nSPS) is 14.0. The molecule has 0 spiro atoms. The van der Waals surface area contributed by atoms with Crippen LogP contribution in [0.4, 0.5) is 17.2 Å². The first kappa shape index (κ1) is 30.3. The maximum atomic E-state index is 12.6. The molecule has 6 rings (SSSR count). The van der Waals surface area contributed by atoms with Gasteiger partial charge in [0, 0.05) is 30.1 Å². The summed E-state index contributed by atoms with van der Waals surface area (Å²) in [5.74, 6) is 2.08. The number of carbonyl (C=O) groups is 2. The third-order valence-electron chi connectivity index (χ3n) is 6.60. The minimum absolute atomic E-state index is 0.122. The van der Waals surface area contributed by atoms with E-state index in [0.29, 0.717) is 49.4 Å². The van der Waals surface area contributed by atoms with Crippen molar-refractivity contribution in [2.24, 2.45) is 5.92 Å². The zero-order chi connectivity index (χ0) is 29.9. The van der Waals surface area contributed by atoms with E-state index in [1.165, 1.54) is 7.11 Å². The third-order valence-corrected chi connectivity index (χ3v) is 6.60. The fourth-order valence-electron chi connectivity index (χ4n) is 4.19. The van der Waals surface area contributed by atoms with Gasteiger partial charge in [0.05, 0.1) is 33.0 Å². The summed E-state index contributed by atoms with van der Waals surface area (Å²) in [5.41, 5.74) is 2.76. The Kier molecular flexibility index (Phi) is 10.7. The number of H-pyrrole nitrogens is 1. The van der Waals surface area contributed by atoms with Crippen molar-refractivity contribution in [1.82, 2.24) is 20.1 Å². The molecule has 2 aliphatic rings. The van der Waals surface area contributed by atoms with Crippen LogP contribution in [0.3, 0.4) is 0 Å². The number of ether oxygens (including phenoxy) is 3. The molecule has 0 atom stereocenters. The number of para-hydroxylation sites is 1. The smallest absolute Gasteiger partial charge is 0.272 e.